The third kappa shape index (κ3) is 6.63. The molecule has 3 aliphatic carbocycles. The molecule has 1 aromatic carbocycles. The summed E-state index contributed by atoms with van der Waals surface area (Å²) in [5, 5.41) is 6.30. The van der Waals surface area contributed by atoms with Gasteiger partial charge in [0.25, 0.3) is 5.91 Å². The second-order valence-electron chi connectivity index (χ2n) is 13.2. The zero-order chi connectivity index (χ0) is 31.9. The van der Waals surface area contributed by atoms with Crippen molar-refractivity contribution in [3.8, 4) is 5.88 Å². The molecule has 242 valence electrons. The van der Waals surface area contributed by atoms with E-state index in [1.165, 1.54) is 0 Å². The van der Waals surface area contributed by atoms with Crippen LogP contribution in [0.3, 0.4) is 0 Å². The SMILES string of the molecule is CC(C)Nc1nc(OC2CC3C(=O)NC4(C(=O)NS(=O)(=O)C5CC5)CC4/C=C\CCCCN(C)C(=O)C3C2)c2ccccc2n1. The maximum Gasteiger partial charge on any atom is 0.259 e. The molecule has 1 aromatic heterocycles. The molecule has 5 unspecified atom stereocenters. The Hall–Kier alpha value is -3.74. The maximum absolute atomic E-state index is 14.0. The van der Waals surface area contributed by atoms with Crippen LogP contribution in [0, 0.1) is 17.8 Å². The van der Waals surface area contributed by atoms with Crippen LogP contribution in [0.5, 0.6) is 5.88 Å². The standard InChI is InChI=1S/C32H42N6O6S/c1-19(2)33-31-34-26-12-8-7-11-23(26)28(35-31)44-21-16-24-25(17-21)29(40)38(3)15-9-5-4-6-10-20-18-32(20,36-27(24)39)30(41)37-45(42,43)22-13-14-22/h6-8,10-12,19-22,24-25H,4-5,9,13-18H2,1-3H3,(H,36,39)(H,37,41)(H,33,34,35)/b10-6-. The first-order valence-electron chi connectivity index (χ1n) is 16.0. The second-order valence-corrected chi connectivity index (χ2v) is 15.2. The Bertz CT molecular complexity index is 1620. The molecule has 0 bridgehead atoms. The summed E-state index contributed by atoms with van der Waals surface area (Å²) in [5.41, 5.74) is -0.670. The highest BCUT2D eigenvalue weighted by Gasteiger charge is 2.62. The Morgan fingerprint density at radius 1 is 1.11 bits per heavy atom. The molecule has 0 radical (unpaired) electrons. The number of sulfonamides is 1. The number of carbonyl (C=O) groups excluding carboxylic acids is 3. The van der Waals surface area contributed by atoms with Crippen LogP contribution >= 0.6 is 0 Å². The molecule has 0 spiro atoms. The van der Waals surface area contributed by atoms with Gasteiger partial charge in [0.2, 0.25) is 33.7 Å². The average Bonchev–Trinajstić information content (AvgIpc) is 3.91. The lowest BCUT2D eigenvalue weighted by Gasteiger charge is -2.26. The van der Waals surface area contributed by atoms with Crippen molar-refractivity contribution in [1.29, 1.82) is 0 Å². The molecule has 2 aromatic rings. The van der Waals surface area contributed by atoms with Crippen molar-refractivity contribution in [2.45, 2.75) is 88.1 Å². The van der Waals surface area contributed by atoms with Crippen molar-refractivity contribution in [1.82, 2.24) is 24.9 Å². The van der Waals surface area contributed by atoms with Crippen LogP contribution in [0.2, 0.25) is 0 Å². The summed E-state index contributed by atoms with van der Waals surface area (Å²) in [6, 6.07) is 7.61. The molecule has 12 nitrogen and oxygen atoms in total. The van der Waals surface area contributed by atoms with Crippen LogP contribution in [0.25, 0.3) is 10.9 Å². The summed E-state index contributed by atoms with van der Waals surface area (Å²) in [5.74, 6) is -2.30. The van der Waals surface area contributed by atoms with Crippen molar-refractivity contribution >= 4 is 44.6 Å². The zero-order valence-electron chi connectivity index (χ0n) is 26.0. The topological polar surface area (TPSA) is 160 Å². The number of nitrogens with zero attached hydrogens (tertiary/aromatic N) is 3. The number of rotatable bonds is 7. The molecule has 0 saturated heterocycles. The number of para-hydroxylation sites is 1. The lowest BCUT2D eigenvalue weighted by Crippen LogP contribution is -2.54. The van der Waals surface area contributed by atoms with Crippen LogP contribution in [0.15, 0.2) is 36.4 Å². The summed E-state index contributed by atoms with van der Waals surface area (Å²) in [4.78, 5) is 52.2. The molecule has 3 N–H and O–H groups in total. The number of allylic oxidation sites excluding steroid dienone is 1. The smallest absolute Gasteiger partial charge is 0.259 e. The zero-order valence-corrected chi connectivity index (χ0v) is 26.8. The first-order chi connectivity index (χ1) is 21.5. The lowest BCUT2D eigenvalue weighted by atomic mass is 9.93. The van der Waals surface area contributed by atoms with Crippen molar-refractivity contribution < 1.29 is 27.5 Å². The quantitative estimate of drug-likeness (QED) is 0.388. The molecule has 13 heteroatoms. The molecule has 3 fully saturated rings. The number of fused-ring (bicyclic) bond motifs is 3. The van der Waals surface area contributed by atoms with Crippen LogP contribution in [0.4, 0.5) is 5.95 Å². The minimum atomic E-state index is -3.80. The fraction of sp³-hybridized carbons (Fsp3) is 0.594. The lowest BCUT2D eigenvalue weighted by molar-refractivity contribution is -0.140. The van der Waals surface area contributed by atoms with Crippen LogP contribution in [-0.2, 0) is 24.4 Å². The van der Waals surface area contributed by atoms with E-state index in [0.717, 1.165) is 24.6 Å². The number of benzene rings is 1. The van der Waals surface area contributed by atoms with E-state index < -0.39 is 50.6 Å². The summed E-state index contributed by atoms with van der Waals surface area (Å²) in [7, 11) is -2.05. The molecule has 2 heterocycles. The van der Waals surface area contributed by atoms with E-state index in [-0.39, 0.29) is 24.3 Å². The third-order valence-electron chi connectivity index (χ3n) is 9.26. The first-order valence-corrected chi connectivity index (χ1v) is 17.5. The third-order valence-corrected chi connectivity index (χ3v) is 11.1. The van der Waals surface area contributed by atoms with E-state index in [0.29, 0.717) is 49.6 Å². The van der Waals surface area contributed by atoms with E-state index in [1.807, 2.05) is 50.3 Å². The van der Waals surface area contributed by atoms with Gasteiger partial charge < -0.3 is 20.3 Å². The fourth-order valence-corrected chi connectivity index (χ4v) is 7.87. The molecule has 3 saturated carbocycles. The van der Waals surface area contributed by atoms with Gasteiger partial charge in [-0.2, -0.15) is 4.98 Å². The summed E-state index contributed by atoms with van der Waals surface area (Å²) < 4.78 is 34.0. The molecule has 6 rings (SSSR count). The summed E-state index contributed by atoms with van der Waals surface area (Å²) in [6.07, 6.45) is 7.66. The number of anilines is 1. The van der Waals surface area contributed by atoms with E-state index in [1.54, 1.807) is 11.9 Å². The Labute approximate surface area is 263 Å². The van der Waals surface area contributed by atoms with Gasteiger partial charge in [-0.3, -0.25) is 19.1 Å². The Morgan fingerprint density at radius 2 is 1.87 bits per heavy atom. The van der Waals surface area contributed by atoms with E-state index in [9.17, 15) is 22.8 Å². The fourth-order valence-electron chi connectivity index (χ4n) is 6.51. The molecule has 45 heavy (non-hydrogen) atoms. The summed E-state index contributed by atoms with van der Waals surface area (Å²) in [6.45, 7) is 4.54. The highest BCUT2D eigenvalue weighted by molar-refractivity contribution is 7.91. The molecular formula is C32H42N6O6S. The normalized spacial score (nSPS) is 29.7. The van der Waals surface area contributed by atoms with E-state index >= 15 is 0 Å². The van der Waals surface area contributed by atoms with Crippen molar-refractivity contribution in [2.24, 2.45) is 17.8 Å². The summed E-state index contributed by atoms with van der Waals surface area (Å²) >= 11 is 0. The Morgan fingerprint density at radius 3 is 2.62 bits per heavy atom. The molecule has 1 aliphatic heterocycles. The van der Waals surface area contributed by atoms with E-state index in [2.05, 4.69) is 25.3 Å². The minimum absolute atomic E-state index is 0.0945. The Balaban J connectivity index is 1.28. The predicted octanol–water partition coefficient (Wildman–Crippen LogP) is 2.91. The molecule has 4 aliphatic rings. The largest absolute Gasteiger partial charge is 0.474 e. The van der Waals surface area contributed by atoms with E-state index in [4.69, 9.17) is 4.74 Å². The van der Waals surface area contributed by atoms with Crippen LogP contribution < -0.4 is 20.1 Å². The monoisotopic (exact) mass is 638 g/mol. The van der Waals surface area contributed by atoms with Crippen LogP contribution in [0.1, 0.15) is 65.2 Å². The van der Waals surface area contributed by atoms with Gasteiger partial charge in [0, 0.05) is 25.6 Å². The average molecular weight is 639 g/mol. The molecule has 5 atom stereocenters. The predicted molar refractivity (Wildman–Crippen MR) is 169 cm³/mol. The number of hydrogen-bond acceptors (Lipinski definition) is 9. The van der Waals surface area contributed by atoms with Gasteiger partial charge in [0.15, 0.2) is 0 Å². The van der Waals surface area contributed by atoms with Crippen molar-refractivity contribution in [2.75, 3.05) is 18.9 Å². The Kier molecular flexibility index (Phi) is 8.49. The van der Waals surface area contributed by atoms with Gasteiger partial charge >= 0.3 is 0 Å². The van der Waals surface area contributed by atoms with Crippen LogP contribution in [-0.4, -0.2) is 77.5 Å². The van der Waals surface area contributed by atoms with Gasteiger partial charge in [0.05, 0.1) is 28.0 Å². The van der Waals surface area contributed by atoms with Gasteiger partial charge in [0.1, 0.15) is 11.6 Å². The van der Waals surface area contributed by atoms with Gasteiger partial charge in [-0.25, -0.2) is 13.4 Å². The number of nitrogens with one attached hydrogen (secondary N) is 3. The second kappa shape index (κ2) is 12.2. The molecule has 3 amide bonds. The van der Waals surface area contributed by atoms with Crippen molar-refractivity contribution in [3.63, 3.8) is 0 Å². The number of ether oxygens (including phenoxy) is 1. The number of carbonyl (C=O) groups is 3. The minimum Gasteiger partial charge on any atom is -0.474 e. The first kappa shape index (κ1) is 31.3. The number of hydrogen-bond donors (Lipinski definition) is 3. The van der Waals surface area contributed by atoms with Crippen molar-refractivity contribution in [3.05, 3.63) is 36.4 Å². The highest BCUT2D eigenvalue weighted by atomic mass is 32.2. The highest BCUT2D eigenvalue weighted by Crippen LogP contribution is 2.47. The number of aromatic nitrogens is 2. The van der Waals surface area contributed by atoms with Gasteiger partial charge in [-0.15, -0.1) is 0 Å². The molecular weight excluding hydrogens is 596 g/mol. The maximum atomic E-state index is 14.0. The van der Waals surface area contributed by atoms with Gasteiger partial charge in [-0.05, 0) is 77.3 Å². The number of amides is 3. The van der Waals surface area contributed by atoms with Gasteiger partial charge in [-0.1, -0.05) is 24.3 Å².